The van der Waals surface area contributed by atoms with Gasteiger partial charge in [-0.2, -0.15) is 5.26 Å². The summed E-state index contributed by atoms with van der Waals surface area (Å²) in [5.41, 5.74) is 0.902. The fourth-order valence-corrected chi connectivity index (χ4v) is 2.21. The molecule has 0 fully saturated rings. The number of furan rings is 1. The number of nitriles is 1. The van der Waals surface area contributed by atoms with E-state index in [2.05, 4.69) is 5.32 Å². The zero-order valence-corrected chi connectivity index (χ0v) is 10.6. The van der Waals surface area contributed by atoms with E-state index >= 15 is 0 Å². The summed E-state index contributed by atoms with van der Waals surface area (Å²) in [7, 11) is 0. The predicted molar refractivity (Wildman–Crippen MR) is 66.2 cm³/mol. The molecule has 0 bridgehead atoms. The van der Waals surface area contributed by atoms with Crippen LogP contribution in [-0.2, 0) is 11.3 Å². The SMILES string of the molecule is CC1(C)CC(=O)C(C#N)=C(NCc2ccco2)C1. The Balaban J connectivity index is 2.17. The molecule has 0 atom stereocenters. The Bertz CT molecular complexity index is 518. The van der Waals surface area contributed by atoms with Crippen LogP contribution in [0.5, 0.6) is 0 Å². The average Bonchev–Trinajstić information content (AvgIpc) is 2.77. The second kappa shape index (κ2) is 4.69. The molecule has 0 aliphatic heterocycles. The van der Waals surface area contributed by atoms with Gasteiger partial charge in [-0.15, -0.1) is 0 Å². The van der Waals surface area contributed by atoms with Crippen molar-refractivity contribution >= 4 is 5.78 Å². The highest BCUT2D eigenvalue weighted by Gasteiger charge is 2.32. The van der Waals surface area contributed by atoms with E-state index in [1.807, 2.05) is 32.0 Å². The fraction of sp³-hybridized carbons (Fsp3) is 0.429. The number of allylic oxidation sites excluding steroid dienone is 2. The lowest BCUT2D eigenvalue weighted by Crippen LogP contribution is -2.30. The van der Waals surface area contributed by atoms with Crippen LogP contribution in [0.2, 0.25) is 0 Å². The minimum absolute atomic E-state index is 0.0734. The van der Waals surface area contributed by atoms with Crippen LogP contribution in [0.4, 0.5) is 0 Å². The first-order valence-electron chi connectivity index (χ1n) is 5.94. The number of rotatable bonds is 3. The first kappa shape index (κ1) is 12.4. The largest absolute Gasteiger partial charge is 0.467 e. The van der Waals surface area contributed by atoms with Crippen molar-refractivity contribution in [3.05, 3.63) is 35.4 Å². The summed E-state index contributed by atoms with van der Waals surface area (Å²) in [6, 6.07) is 5.68. The molecule has 0 amide bonds. The molecular formula is C14H16N2O2. The van der Waals surface area contributed by atoms with Crippen molar-refractivity contribution < 1.29 is 9.21 Å². The van der Waals surface area contributed by atoms with Gasteiger partial charge in [-0.25, -0.2) is 0 Å². The van der Waals surface area contributed by atoms with Crippen LogP contribution in [0.15, 0.2) is 34.1 Å². The smallest absolute Gasteiger partial charge is 0.175 e. The second-order valence-electron chi connectivity index (χ2n) is 5.34. The Labute approximate surface area is 106 Å². The normalized spacial score (nSPS) is 18.6. The van der Waals surface area contributed by atoms with Crippen molar-refractivity contribution in [1.29, 1.82) is 5.26 Å². The second-order valence-corrected chi connectivity index (χ2v) is 5.34. The third kappa shape index (κ3) is 2.62. The first-order chi connectivity index (χ1) is 8.52. The van der Waals surface area contributed by atoms with Crippen LogP contribution in [0.25, 0.3) is 0 Å². The van der Waals surface area contributed by atoms with Crippen LogP contribution in [-0.4, -0.2) is 5.78 Å². The molecule has 0 unspecified atom stereocenters. The van der Waals surface area contributed by atoms with Gasteiger partial charge in [0.05, 0.1) is 12.8 Å². The Kier molecular flexibility index (Phi) is 3.24. The average molecular weight is 244 g/mol. The molecule has 2 rings (SSSR count). The topological polar surface area (TPSA) is 66.0 Å². The molecule has 1 aromatic heterocycles. The summed E-state index contributed by atoms with van der Waals surface area (Å²) in [6.45, 7) is 4.57. The zero-order chi connectivity index (χ0) is 13.2. The Morgan fingerprint density at radius 1 is 1.50 bits per heavy atom. The number of ketones is 1. The lowest BCUT2D eigenvalue weighted by molar-refractivity contribution is -0.117. The van der Waals surface area contributed by atoms with Crippen LogP contribution >= 0.6 is 0 Å². The van der Waals surface area contributed by atoms with Crippen molar-refractivity contribution in [2.24, 2.45) is 5.41 Å². The highest BCUT2D eigenvalue weighted by atomic mass is 16.3. The van der Waals surface area contributed by atoms with Gasteiger partial charge in [0.25, 0.3) is 0 Å². The fourth-order valence-electron chi connectivity index (χ4n) is 2.21. The Morgan fingerprint density at radius 2 is 2.28 bits per heavy atom. The zero-order valence-electron chi connectivity index (χ0n) is 10.6. The van der Waals surface area contributed by atoms with E-state index in [4.69, 9.17) is 9.68 Å². The molecule has 4 nitrogen and oxygen atoms in total. The van der Waals surface area contributed by atoms with E-state index in [1.54, 1.807) is 6.26 Å². The van der Waals surface area contributed by atoms with Gasteiger partial charge >= 0.3 is 0 Å². The van der Waals surface area contributed by atoms with E-state index < -0.39 is 0 Å². The van der Waals surface area contributed by atoms with Gasteiger partial charge in [0.2, 0.25) is 0 Å². The van der Waals surface area contributed by atoms with E-state index in [1.165, 1.54) is 0 Å². The highest BCUT2D eigenvalue weighted by molar-refractivity contribution is 6.01. The molecule has 1 heterocycles. The van der Waals surface area contributed by atoms with E-state index in [0.29, 0.717) is 19.4 Å². The van der Waals surface area contributed by atoms with Gasteiger partial charge in [-0.1, -0.05) is 13.8 Å². The molecule has 0 saturated carbocycles. The molecule has 0 radical (unpaired) electrons. The van der Waals surface area contributed by atoms with Crippen LogP contribution in [0.1, 0.15) is 32.4 Å². The lowest BCUT2D eigenvalue weighted by Gasteiger charge is -2.30. The van der Waals surface area contributed by atoms with Gasteiger partial charge in [0, 0.05) is 12.1 Å². The molecule has 0 aromatic carbocycles. The first-order valence-corrected chi connectivity index (χ1v) is 5.94. The van der Waals surface area contributed by atoms with Gasteiger partial charge in [-0.3, -0.25) is 4.79 Å². The maximum Gasteiger partial charge on any atom is 0.175 e. The predicted octanol–water partition coefficient (Wildman–Crippen LogP) is 2.54. The Morgan fingerprint density at radius 3 is 2.89 bits per heavy atom. The molecule has 1 aliphatic carbocycles. The maximum atomic E-state index is 11.9. The summed E-state index contributed by atoms with van der Waals surface area (Å²) < 4.78 is 5.22. The lowest BCUT2D eigenvalue weighted by atomic mass is 9.76. The molecule has 0 spiro atoms. The molecule has 1 aliphatic rings. The summed E-state index contributed by atoms with van der Waals surface area (Å²) in [5.74, 6) is 0.714. The summed E-state index contributed by atoms with van der Waals surface area (Å²) in [4.78, 5) is 11.9. The van der Waals surface area contributed by atoms with Gasteiger partial charge in [-0.05, 0) is 24.0 Å². The molecule has 18 heavy (non-hydrogen) atoms. The van der Waals surface area contributed by atoms with Gasteiger partial charge in [0.1, 0.15) is 17.4 Å². The summed E-state index contributed by atoms with van der Waals surface area (Å²) in [5, 5.41) is 12.2. The van der Waals surface area contributed by atoms with Crippen LogP contribution in [0.3, 0.4) is 0 Å². The van der Waals surface area contributed by atoms with Crippen LogP contribution < -0.4 is 5.32 Å². The van der Waals surface area contributed by atoms with Gasteiger partial charge < -0.3 is 9.73 Å². The van der Waals surface area contributed by atoms with Crippen molar-refractivity contribution in [3.63, 3.8) is 0 Å². The standard InChI is InChI=1S/C14H16N2O2/c1-14(2)6-12(11(8-15)13(17)7-14)16-9-10-4-3-5-18-10/h3-5,16H,6-7,9H2,1-2H3. The summed E-state index contributed by atoms with van der Waals surface area (Å²) in [6.07, 6.45) is 2.75. The number of hydrogen-bond donors (Lipinski definition) is 1. The molecule has 94 valence electrons. The quantitative estimate of drug-likeness (QED) is 0.887. The third-order valence-corrected chi connectivity index (χ3v) is 3.04. The summed E-state index contributed by atoms with van der Waals surface area (Å²) >= 11 is 0. The number of Topliss-reactive ketones (excluding diaryl/α,β-unsaturated/α-hetero) is 1. The highest BCUT2D eigenvalue weighted by Crippen LogP contribution is 2.35. The molecular weight excluding hydrogens is 228 g/mol. The Hall–Kier alpha value is -2.02. The number of hydrogen-bond acceptors (Lipinski definition) is 4. The number of carbonyl (C=O) groups excluding carboxylic acids is 1. The molecule has 1 aromatic rings. The van der Waals surface area contributed by atoms with E-state index in [-0.39, 0.29) is 16.8 Å². The minimum Gasteiger partial charge on any atom is -0.467 e. The maximum absolute atomic E-state index is 11.9. The third-order valence-electron chi connectivity index (χ3n) is 3.04. The molecule has 4 heteroatoms. The van der Waals surface area contributed by atoms with Crippen molar-refractivity contribution in [2.75, 3.05) is 0 Å². The number of nitrogens with one attached hydrogen (secondary N) is 1. The molecule has 0 saturated heterocycles. The van der Waals surface area contributed by atoms with Gasteiger partial charge in [0.15, 0.2) is 5.78 Å². The van der Waals surface area contributed by atoms with E-state index in [0.717, 1.165) is 11.5 Å². The molecule has 1 N–H and O–H groups in total. The monoisotopic (exact) mass is 244 g/mol. The number of nitrogens with zero attached hydrogens (tertiary/aromatic N) is 1. The minimum atomic E-state index is -0.0943. The van der Waals surface area contributed by atoms with Crippen LogP contribution in [0, 0.1) is 16.7 Å². The van der Waals surface area contributed by atoms with Crippen molar-refractivity contribution in [3.8, 4) is 6.07 Å². The van der Waals surface area contributed by atoms with Crippen molar-refractivity contribution in [2.45, 2.75) is 33.2 Å². The van der Waals surface area contributed by atoms with Crippen molar-refractivity contribution in [1.82, 2.24) is 5.32 Å². The number of carbonyl (C=O) groups is 1. The van der Waals surface area contributed by atoms with E-state index in [9.17, 15) is 4.79 Å².